The first-order chi connectivity index (χ1) is 19.2. The Morgan fingerprint density at radius 2 is 1.75 bits per heavy atom. The highest BCUT2D eigenvalue weighted by molar-refractivity contribution is 9.10. The molecular weight excluding hydrogens is 592 g/mol. The van der Waals surface area contributed by atoms with Gasteiger partial charge in [-0.05, 0) is 61.5 Å². The number of sulfonamides is 1. The number of halogens is 1. The first-order valence-electron chi connectivity index (χ1n) is 13.2. The Morgan fingerprint density at radius 1 is 1.02 bits per heavy atom. The molecule has 0 fully saturated rings. The maximum atomic E-state index is 13.9. The number of oxime groups is 1. The molecule has 0 aliphatic rings. The van der Waals surface area contributed by atoms with Crippen molar-refractivity contribution in [3.05, 3.63) is 88.2 Å². The molecule has 40 heavy (non-hydrogen) atoms. The normalized spacial score (nSPS) is 12.4. The number of rotatable bonds is 12. The molecule has 4 rings (SSSR count). The van der Waals surface area contributed by atoms with Crippen LogP contribution in [0.4, 0.5) is 5.69 Å². The molecule has 1 aromatic heterocycles. The highest BCUT2D eigenvalue weighted by Crippen LogP contribution is 2.29. The standard InChI is InChI=1S/C29H35BrN6O3S/c1-4-35(5-2)17-18-36(40(38,39)25-8-6-7-23(30)19-25)24-14-15-27-26(20-24)32-28(34(27)3)16-11-21-9-12-22(13-10-21)29(31)33-37/h6-10,12-15,19-20,37H,4-5,11,16-18H2,1-3H3,(H2,31,33). The average Bonchev–Trinajstić information content (AvgIpc) is 3.28. The fourth-order valence-corrected chi connectivity index (χ4v) is 6.73. The molecule has 9 nitrogen and oxygen atoms in total. The second kappa shape index (κ2) is 12.8. The van der Waals surface area contributed by atoms with Crippen molar-refractivity contribution in [2.24, 2.45) is 17.9 Å². The second-order valence-electron chi connectivity index (χ2n) is 9.50. The van der Waals surface area contributed by atoms with Crippen LogP contribution in [0.5, 0.6) is 0 Å². The van der Waals surface area contributed by atoms with Gasteiger partial charge < -0.3 is 20.4 Å². The average molecular weight is 628 g/mol. The number of amidine groups is 1. The van der Waals surface area contributed by atoms with Gasteiger partial charge in [0.15, 0.2) is 5.84 Å². The topological polar surface area (TPSA) is 117 Å². The summed E-state index contributed by atoms with van der Waals surface area (Å²) in [6.07, 6.45) is 1.46. The molecule has 0 saturated carbocycles. The third kappa shape index (κ3) is 6.48. The molecule has 3 N–H and O–H groups in total. The summed E-state index contributed by atoms with van der Waals surface area (Å²) in [6, 6.07) is 20.0. The summed E-state index contributed by atoms with van der Waals surface area (Å²) in [5.41, 5.74) is 9.69. The Bertz CT molecular complexity index is 1600. The summed E-state index contributed by atoms with van der Waals surface area (Å²) in [5.74, 6) is 0.975. The molecule has 0 saturated heterocycles. The van der Waals surface area contributed by atoms with Crippen molar-refractivity contribution in [2.75, 3.05) is 30.5 Å². The Hall–Kier alpha value is -3.41. The molecular formula is C29H35BrN6O3S. The van der Waals surface area contributed by atoms with Gasteiger partial charge in [-0.3, -0.25) is 4.31 Å². The van der Waals surface area contributed by atoms with Gasteiger partial charge in [-0.1, -0.05) is 65.3 Å². The van der Waals surface area contributed by atoms with E-state index in [-0.39, 0.29) is 10.7 Å². The molecule has 3 aromatic carbocycles. The number of anilines is 1. The minimum absolute atomic E-state index is 0.0748. The Morgan fingerprint density at radius 3 is 2.40 bits per heavy atom. The van der Waals surface area contributed by atoms with Crippen LogP contribution in [0.1, 0.15) is 30.8 Å². The molecule has 0 amide bonds. The highest BCUT2D eigenvalue weighted by Gasteiger charge is 2.26. The number of imidazole rings is 1. The summed E-state index contributed by atoms with van der Waals surface area (Å²) >= 11 is 3.41. The number of benzene rings is 3. The second-order valence-corrected chi connectivity index (χ2v) is 12.3. The third-order valence-electron chi connectivity index (χ3n) is 7.14. The minimum atomic E-state index is -3.81. The Labute approximate surface area is 244 Å². The number of nitrogens with two attached hydrogens (primary N) is 1. The zero-order valence-electron chi connectivity index (χ0n) is 23.0. The summed E-state index contributed by atoms with van der Waals surface area (Å²) in [6.45, 7) is 6.77. The van der Waals surface area contributed by atoms with Crippen LogP contribution in [0.15, 0.2) is 81.3 Å². The van der Waals surface area contributed by atoms with Gasteiger partial charge in [-0.2, -0.15) is 0 Å². The predicted molar refractivity (Wildman–Crippen MR) is 164 cm³/mol. The zero-order valence-corrected chi connectivity index (χ0v) is 25.4. The Balaban J connectivity index is 1.63. The number of hydrogen-bond donors (Lipinski definition) is 2. The number of likely N-dealkylation sites (N-methyl/N-ethyl adjacent to an activating group) is 1. The zero-order chi connectivity index (χ0) is 28.9. The van der Waals surface area contributed by atoms with Crippen LogP contribution < -0.4 is 10.0 Å². The van der Waals surface area contributed by atoms with Crippen LogP contribution in [-0.2, 0) is 29.9 Å². The lowest BCUT2D eigenvalue weighted by Gasteiger charge is -2.28. The van der Waals surface area contributed by atoms with Gasteiger partial charge in [0.1, 0.15) is 5.82 Å². The third-order valence-corrected chi connectivity index (χ3v) is 9.45. The molecule has 0 aliphatic heterocycles. The molecule has 0 bridgehead atoms. The van der Waals surface area contributed by atoms with E-state index in [0.717, 1.165) is 41.9 Å². The smallest absolute Gasteiger partial charge is 0.264 e. The van der Waals surface area contributed by atoms with Crippen LogP contribution in [0.3, 0.4) is 0 Å². The van der Waals surface area contributed by atoms with E-state index in [0.29, 0.717) is 35.2 Å². The first kappa shape index (κ1) is 29.6. The van der Waals surface area contributed by atoms with Gasteiger partial charge >= 0.3 is 0 Å². The van der Waals surface area contributed by atoms with Crippen molar-refractivity contribution in [3.63, 3.8) is 0 Å². The van der Waals surface area contributed by atoms with Crippen molar-refractivity contribution in [2.45, 2.75) is 31.6 Å². The molecule has 1 heterocycles. The number of nitrogens with zero attached hydrogens (tertiary/aromatic N) is 5. The van der Waals surface area contributed by atoms with Crippen LogP contribution >= 0.6 is 15.9 Å². The van der Waals surface area contributed by atoms with E-state index in [1.54, 1.807) is 18.2 Å². The summed E-state index contributed by atoms with van der Waals surface area (Å²) in [4.78, 5) is 7.32. The van der Waals surface area contributed by atoms with E-state index in [1.807, 2.05) is 60.1 Å². The van der Waals surface area contributed by atoms with Gasteiger partial charge in [-0.25, -0.2) is 13.4 Å². The van der Waals surface area contributed by atoms with E-state index < -0.39 is 10.0 Å². The largest absolute Gasteiger partial charge is 0.409 e. The summed E-state index contributed by atoms with van der Waals surface area (Å²) in [5, 5.41) is 11.9. The van der Waals surface area contributed by atoms with Gasteiger partial charge in [0.05, 0.1) is 21.6 Å². The predicted octanol–water partition coefficient (Wildman–Crippen LogP) is 4.75. The quantitative estimate of drug-likeness (QED) is 0.101. The van der Waals surface area contributed by atoms with Crippen molar-refractivity contribution in [1.29, 1.82) is 0 Å². The van der Waals surface area contributed by atoms with Gasteiger partial charge in [0, 0.05) is 36.6 Å². The van der Waals surface area contributed by atoms with Gasteiger partial charge in [0.2, 0.25) is 0 Å². The van der Waals surface area contributed by atoms with E-state index in [9.17, 15) is 8.42 Å². The van der Waals surface area contributed by atoms with Crippen LogP contribution in [0.2, 0.25) is 0 Å². The van der Waals surface area contributed by atoms with E-state index in [2.05, 4.69) is 39.8 Å². The lowest BCUT2D eigenvalue weighted by Crippen LogP contribution is -2.38. The number of aryl methyl sites for hydroxylation is 3. The van der Waals surface area contributed by atoms with Crippen LogP contribution in [0.25, 0.3) is 11.0 Å². The molecule has 0 atom stereocenters. The van der Waals surface area contributed by atoms with Crippen molar-refractivity contribution >= 4 is 48.5 Å². The van der Waals surface area contributed by atoms with E-state index in [4.69, 9.17) is 15.9 Å². The van der Waals surface area contributed by atoms with E-state index in [1.165, 1.54) is 4.31 Å². The maximum Gasteiger partial charge on any atom is 0.264 e. The number of fused-ring (bicyclic) bond motifs is 1. The van der Waals surface area contributed by atoms with Crippen LogP contribution in [0, 0.1) is 0 Å². The summed E-state index contributed by atoms with van der Waals surface area (Å²) < 4.78 is 32.0. The molecule has 0 unspecified atom stereocenters. The van der Waals surface area contributed by atoms with Crippen molar-refractivity contribution in [1.82, 2.24) is 14.5 Å². The lowest BCUT2D eigenvalue weighted by atomic mass is 10.1. The highest BCUT2D eigenvalue weighted by atomic mass is 79.9. The molecule has 4 aromatic rings. The minimum Gasteiger partial charge on any atom is -0.409 e. The van der Waals surface area contributed by atoms with Gasteiger partial charge in [-0.15, -0.1) is 0 Å². The molecule has 212 valence electrons. The summed E-state index contributed by atoms with van der Waals surface area (Å²) in [7, 11) is -1.84. The molecule has 0 spiro atoms. The molecule has 0 aliphatic carbocycles. The van der Waals surface area contributed by atoms with E-state index >= 15 is 0 Å². The fraction of sp³-hybridized carbons (Fsp3) is 0.310. The van der Waals surface area contributed by atoms with Crippen molar-refractivity contribution in [3.8, 4) is 0 Å². The molecule has 0 radical (unpaired) electrons. The van der Waals surface area contributed by atoms with Crippen LogP contribution in [-0.4, -0.2) is 60.1 Å². The SMILES string of the molecule is CCN(CC)CCN(c1ccc2c(c1)nc(CCc1ccc(/C(N)=N/O)cc1)n2C)S(=O)(=O)c1cccc(Br)c1. The number of aromatic nitrogens is 2. The van der Waals surface area contributed by atoms with Crippen molar-refractivity contribution < 1.29 is 13.6 Å². The lowest BCUT2D eigenvalue weighted by molar-refractivity contribution is 0.313. The number of hydrogen-bond acceptors (Lipinski definition) is 6. The maximum absolute atomic E-state index is 13.9. The monoisotopic (exact) mass is 626 g/mol. The van der Waals surface area contributed by atoms with Gasteiger partial charge in [0.25, 0.3) is 10.0 Å². The molecule has 11 heteroatoms. The Kier molecular flexibility index (Phi) is 9.49. The first-order valence-corrected chi connectivity index (χ1v) is 15.4. The fourth-order valence-electron chi connectivity index (χ4n) is 4.69.